The standard InChI is InChI=1S/C23H28N6O2/c1-3-4-7-16(2)13-25-19-12-21(27-15-18(19)23(24)31)28-20-10-9-17(14-26-20)29-11-6-5-8-22(29)30/h3-4,7,9-10,12,14-15H,5-6,8,11,13H2,1-2H3,(H2,24,31)(H2,25,26,27,28)/b4-3-,16-7+. The van der Waals surface area contributed by atoms with E-state index in [4.69, 9.17) is 5.73 Å². The van der Waals surface area contributed by atoms with E-state index >= 15 is 0 Å². The number of allylic oxidation sites excluding steroid dienone is 3. The molecule has 8 nitrogen and oxygen atoms in total. The van der Waals surface area contributed by atoms with E-state index in [1.165, 1.54) is 6.20 Å². The van der Waals surface area contributed by atoms with E-state index in [1.807, 2.05) is 38.1 Å². The van der Waals surface area contributed by atoms with Gasteiger partial charge in [-0.2, -0.15) is 0 Å². The molecule has 31 heavy (non-hydrogen) atoms. The van der Waals surface area contributed by atoms with Crippen LogP contribution in [0.15, 0.2) is 54.4 Å². The van der Waals surface area contributed by atoms with Crippen molar-refractivity contribution in [1.29, 1.82) is 0 Å². The average Bonchev–Trinajstić information content (AvgIpc) is 2.77. The van der Waals surface area contributed by atoms with Crippen molar-refractivity contribution < 1.29 is 9.59 Å². The number of amides is 2. The van der Waals surface area contributed by atoms with E-state index in [0.29, 0.717) is 35.9 Å². The van der Waals surface area contributed by atoms with E-state index in [1.54, 1.807) is 23.2 Å². The first-order valence-corrected chi connectivity index (χ1v) is 10.3. The Balaban J connectivity index is 1.73. The summed E-state index contributed by atoms with van der Waals surface area (Å²) >= 11 is 0. The molecule has 1 aliphatic heterocycles. The number of nitrogens with two attached hydrogens (primary N) is 1. The maximum Gasteiger partial charge on any atom is 0.252 e. The van der Waals surface area contributed by atoms with Crippen LogP contribution in [0.3, 0.4) is 0 Å². The van der Waals surface area contributed by atoms with Crippen LogP contribution in [0.4, 0.5) is 23.0 Å². The molecule has 4 N–H and O–H groups in total. The van der Waals surface area contributed by atoms with Gasteiger partial charge in [-0.15, -0.1) is 0 Å². The Bertz CT molecular complexity index is 998. The fourth-order valence-electron chi connectivity index (χ4n) is 3.25. The number of carbonyl (C=O) groups is 2. The Morgan fingerprint density at radius 3 is 2.71 bits per heavy atom. The number of piperidine rings is 1. The van der Waals surface area contributed by atoms with Crippen molar-refractivity contribution in [3.63, 3.8) is 0 Å². The van der Waals surface area contributed by atoms with Crippen molar-refractivity contribution in [2.45, 2.75) is 33.1 Å². The summed E-state index contributed by atoms with van der Waals surface area (Å²) < 4.78 is 0. The Hall–Kier alpha value is -3.68. The molecule has 162 valence electrons. The third kappa shape index (κ3) is 5.91. The van der Waals surface area contributed by atoms with Gasteiger partial charge >= 0.3 is 0 Å². The second-order valence-electron chi connectivity index (χ2n) is 7.40. The van der Waals surface area contributed by atoms with Crippen molar-refractivity contribution in [2.24, 2.45) is 5.73 Å². The molecular weight excluding hydrogens is 392 g/mol. The Kier molecular flexibility index (Phi) is 7.37. The molecule has 8 heteroatoms. The number of carbonyl (C=O) groups excluding carboxylic acids is 2. The third-order valence-electron chi connectivity index (χ3n) is 4.94. The van der Waals surface area contributed by atoms with Gasteiger partial charge in [0.05, 0.1) is 23.1 Å². The predicted octanol–water partition coefficient (Wildman–Crippen LogP) is 3.77. The summed E-state index contributed by atoms with van der Waals surface area (Å²) in [6.45, 7) is 5.23. The zero-order valence-corrected chi connectivity index (χ0v) is 17.9. The number of hydrogen-bond acceptors (Lipinski definition) is 6. The first-order chi connectivity index (χ1) is 15.0. The second-order valence-corrected chi connectivity index (χ2v) is 7.40. The zero-order valence-electron chi connectivity index (χ0n) is 17.9. The predicted molar refractivity (Wildman–Crippen MR) is 124 cm³/mol. The van der Waals surface area contributed by atoms with Crippen LogP contribution in [0.2, 0.25) is 0 Å². The van der Waals surface area contributed by atoms with Crippen LogP contribution in [0.1, 0.15) is 43.5 Å². The first kappa shape index (κ1) is 22.0. The Morgan fingerprint density at radius 1 is 1.23 bits per heavy atom. The summed E-state index contributed by atoms with van der Waals surface area (Å²) in [5.74, 6) is 0.691. The number of aromatic nitrogens is 2. The van der Waals surface area contributed by atoms with Crippen LogP contribution in [-0.4, -0.2) is 34.9 Å². The van der Waals surface area contributed by atoms with Crippen LogP contribution in [-0.2, 0) is 4.79 Å². The lowest BCUT2D eigenvalue weighted by atomic mass is 10.1. The van der Waals surface area contributed by atoms with Gasteiger partial charge in [-0.3, -0.25) is 9.59 Å². The quantitative estimate of drug-likeness (QED) is 0.560. The molecule has 0 aliphatic carbocycles. The van der Waals surface area contributed by atoms with E-state index in [0.717, 1.165) is 30.6 Å². The van der Waals surface area contributed by atoms with Gasteiger partial charge in [-0.1, -0.05) is 23.8 Å². The molecule has 0 saturated carbocycles. The summed E-state index contributed by atoms with van der Waals surface area (Å²) in [5.41, 5.74) is 8.29. The Labute approximate surface area is 182 Å². The monoisotopic (exact) mass is 420 g/mol. The van der Waals surface area contributed by atoms with E-state index in [9.17, 15) is 9.59 Å². The second kappa shape index (κ2) is 10.4. The van der Waals surface area contributed by atoms with Gasteiger partial charge in [0.1, 0.15) is 11.6 Å². The fraction of sp³-hybridized carbons (Fsp3) is 0.304. The maximum absolute atomic E-state index is 12.1. The highest BCUT2D eigenvalue weighted by molar-refractivity contribution is 5.98. The van der Waals surface area contributed by atoms with Crippen molar-refractivity contribution in [3.05, 3.63) is 60.0 Å². The molecule has 0 spiro atoms. The van der Waals surface area contributed by atoms with Crippen molar-refractivity contribution in [2.75, 3.05) is 28.6 Å². The molecular formula is C23H28N6O2. The Morgan fingerprint density at radius 2 is 2.03 bits per heavy atom. The highest BCUT2D eigenvalue weighted by Gasteiger charge is 2.19. The minimum atomic E-state index is -0.551. The number of hydrogen-bond donors (Lipinski definition) is 3. The molecule has 0 bridgehead atoms. The van der Waals surface area contributed by atoms with Gasteiger partial charge in [0.15, 0.2) is 0 Å². The van der Waals surface area contributed by atoms with E-state index < -0.39 is 5.91 Å². The molecule has 2 aromatic heterocycles. The first-order valence-electron chi connectivity index (χ1n) is 10.3. The summed E-state index contributed by atoms with van der Waals surface area (Å²) in [7, 11) is 0. The molecule has 2 aromatic rings. The minimum absolute atomic E-state index is 0.131. The topological polar surface area (TPSA) is 113 Å². The van der Waals surface area contributed by atoms with E-state index in [2.05, 4.69) is 20.6 Å². The largest absolute Gasteiger partial charge is 0.380 e. The number of nitrogens with one attached hydrogen (secondary N) is 2. The molecule has 2 amide bonds. The molecule has 1 aliphatic rings. The lowest BCUT2D eigenvalue weighted by Crippen LogP contribution is -2.35. The highest BCUT2D eigenvalue weighted by Crippen LogP contribution is 2.24. The fourth-order valence-corrected chi connectivity index (χ4v) is 3.25. The molecule has 0 unspecified atom stereocenters. The SMILES string of the molecule is C/C=C\C=C(/C)CNc1cc(Nc2ccc(N3CCCCC3=O)cn2)ncc1C(N)=O. The lowest BCUT2D eigenvalue weighted by molar-refractivity contribution is -0.119. The average molecular weight is 421 g/mol. The lowest BCUT2D eigenvalue weighted by Gasteiger charge is -2.26. The summed E-state index contributed by atoms with van der Waals surface area (Å²) in [5, 5.41) is 6.37. The number of nitrogens with zero attached hydrogens (tertiary/aromatic N) is 3. The number of pyridine rings is 2. The van der Waals surface area contributed by atoms with E-state index in [-0.39, 0.29) is 5.91 Å². The maximum atomic E-state index is 12.1. The van der Waals surface area contributed by atoms with Crippen molar-refractivity contribution in [3.8, 4) is 0 Å². The summed E-state index contributed by atoms with van der Waals surface area (Å²) in [6.07, 6.45) is 11.5. The number of primary amides is 1. The van der Waals surface area contributed by atoms with Gasteiger partial charge in [0, 0.05) is 31.8 Å². The normalized spacial score (nSPS) is 14.7. The van der Waals surface area contributed by atoms with Gasteiger partial charge in [0.2, 0.25) is 5.91 Å². The van der Waals surface area contributed by atoms with Crippen LogP contribution < -0.4 is 21.3 Å². The van der Waals surface area contributed by atoms with Crippen LogP contribution in [0, 0.1) is 0 Å². The molecule has 0 radical (unpaired) electrons. The highest BCUT2D eigenvalue weighted by atomic mass is 16.2. The molecule has 1 fully saturated rings. The van der Waals surface area contributed by atoms with Crippen LogP contribution in [0.25, 0.3) is 0 Å². The van der Waals surface area contributed by atoms with Gasteiger partial charge in [0.25, 0.3) is 5.91 Å². The number of rotatable bonds is 8. The zero-order chi connectivity index (χ0) is 22.2. The minimum Gasteiger partial charge on any atom is -0.380 e. The number of anilines is 4. The van der Waals surface area contributed by atoms with Crippen molar-refractivity contribution in [1.82, 2.24) is 9.97 Å². The van der Waals surface area contributed by atoms with Gasteiger partial charge in [-0.05, 0) is 38.8 Å². The van der Waals surface area contributed by atoms with Crippen molar-refractivity contribution >= 4 is 34.8 Å². The molecule has 3 rings (SSSR count). The van der Waals surface area contributed by atoms with Gasteiger partial charge in [-0.25, -0.2) is 9.97 Å². The smallest absolute Gasteiger partial charge is 0.252 e. The summed E-state index contributed by atoms with van der Waals surface area (Å²) in [4.78, 5) is 34.3. The molecule has 3 heterocycles. The van der Waals surface area contributed by atoms with Crippen LogP contribution in [0.5, 0.6) is 0 Å². The molecule has 0 aromatic carbocycles. The van der Waals surface area contributed by atoms with Crippen LogP contribution >= 0.6 is 0 Å². The van der Waals surface area contributed by atoms with Gasteiger partial charge < -0.3 is 21.3 Å². The third-order valence-corrected chi connectivity index (χ3v) is 4.94. The summed E-state index contributed by atoms with van der Waals surface area (Å²) in [6, 6.07) is 5.40. The molecule has 0 atom stereocenters. The molecule has 1 saturated heterocycles.